The lowest BCUT2D eigenvalue weighted by Crippen LogP contribution is -2.45. The Labute approximate surface area is 191 Å². The van der Waals surface area contributed by atoms with Gasteiger partial charge in [0.2, 0.25) is 11.2 Å². The van der Waals surface area contributed by atoms with E-state index in [4.69, 9.17) is 16.3 Å². The Hall–Kier alpha value is -2.55. The van der Waals surface area contributed by atoms with E-state index in [1.54, 1.807) is 23.2 Å². The molecule has 1 atom stereocenters. The number of likely N-dealkylation sites (tertiary alicyclic amines) is 1. The summed E-state index contributed by atoms with van der Waals surface area (Å²) in [6, 6.07) is 5.28. The third-order valence-corrected chi connectivity index (χ3v) is 7.39. The first-order valence-corrected chi connectivity index (χ1v) is 11.3. The lowest BCUT2D eigenvalue weighted by molar-refractivity contribution is -0.128. The van der Waals surface area contributed by atoms with Crippen LogP contribution in [0.25, 0.3) is 0 Å². The molecule has 2 saturated heterocycles. The van der Waals surface area contributed by atoms with E-state index >= 15 is 0 Å². The number of halogens is 1. The van der Waals surface area contributed by atoms with Crippen LogP contribution >= 0.6 is 11.6 Å². The molecule has 3 aliphatic heterocycles. The lowest BCUT2D eigenvalue weighted by atomic mass is 9.77. The molecule has 3 aliphatic rings. The van der Waals surface area contributed by atoms with E-state index in [0.29, 0.717) is 24.5 Å². The van der Waals surface area contributed by atoms with Crippen LogP contribution in [0.4, 0.5) is 5.82 Å². The Balaban J connectivity index is 1.23. The zero-order valence-electron chi connectivity index (χ0n) is 17.9. The number of fused-ring (bicyclic) bond motifs is 1. The average molecular weight is 457 g/mol. The second kappa shape index (κ2) is 8.10. The standard InChI is InChI=1S/C23H25ClN4O4/c1-14-15(2-3-16-17(14)13-32-20(16)30)18(29)12-27-9-5-23(6-10-27)7-11-28(21(23)31)19-4-8-25-22(24)26-19/h2-4,8,18,29H,5-7,9-13H2,1H3/t18-/m0/s1. The van der Waals surface area contributed by atoms with Gasteiger partial charge in [-0.25, -0.2) is 14.8 Å². The summed E-state index contributed by atoms with van der Waals surface area (Å²) in [5.41, 5.74) is 2.82. The number of rotatable bonds is 4. The second-order valence-corrected chi connectivity index (χ2v) is 9.21. The number of anilines is 1. The number of aliphatic hydroxyl groups is 1. The van der Waals surface area contributed by atoms with Gasteiger partial charge in [0.15, 0.2) is 0 Å². The van der Waals surface area contributed by atoms with Crippen LogP contribution in [0.2, 0.25) is 5.28 Å². The van der Waals surface area contributed by atoms with Gasteiger partial charge in [0.05, 0.1) is 17.1 Å². The number of aromatic nitrogens is 2. The minimum absolute atomic E-state index is 0.103. The molecule has 1 spiro atoms. The number of benzene rings is 1. The van der Waals surface area contributed by atoms with Gasteiger partial charge in [0.1, 0.15) is 12.4 Å². The van der Waals surface area contributed by atoms with Crippen molar-refractivity contribution in [3.8, 4) is 0 Å². The summed E-state index contributed by atoms with van der Waals surface area (Å²) in [7, 11) is 0. The molecule has 1 amide bonds. The number of piperidine rings is 1. The lowest BCUT2D eigenvalue weighted by Gasteiger charge is -2.38. The molecule has 2 aromatic rings. The van der Waals surface area contributed by atoms with Gasteiger partial charge >= 0.3 is 5.97 Å². The molecular weight excluding hydrogens is 432 g/mol. The number of esters is 1. The normalized spacial score (nSPS) is 21.2. The van der Waals surface area contributed by atoms with Crippen molar-refractivity contribution in [3.63, 3.8) is 0 Å². The van der Waals surface area contributed by atoms with Gasteiger partial charge in [-0.3, -0.25) is 9.69 Å². The molecule has 1 aromatic heterocycles. The maximum Gasteiger partial charge on any atom is 0.338 e. The van der Waals surface area contributed by atoms with Crippen LogP contribution in [-0.4, -0.2) is 58.0 Å². The van der Waals surface area contributed by atoms with Crippen molar-refractivity contribution in [2.45, 2.75) is 38.9 Å². The zero-order valence-corrected chi connectivity index (χ0v) is 18.6. The topological polar surface area (TPSA) is 95.9 Å². The highest BCUT2D eigenvalue weighted by atomic mass is 35.5. The number of aliphatic hydroxyl groups excluding tert-OH is 1. The van der Waals surface area contributed by atoms with Crippen molar-refractivity contribution in [3.05, 3.63) is 51.9 Å². The summed E-state index contributed by atoms with van der Waals surface area (Å²) in [4.78, 5) is 37.0. The van der Waals surface area contributed by atoms with Crippen molar-refractivity contribution in [1.29, 1.82) is 0 Å². The molecule has 32 heavy (non-hydrogen) atoms. The molecule has 0 bridgehead atoms. The molecule has 5 rings (SSSR count). The Kier molecular flexibility index (Phi) is 5.39. The van der Waals surface area contributed by atoms with Crippen LogP contribution in [0, 0.1) is 12.3 Å². The van der Waals surface area contributed by atoms with E-state index in [1.807, 2.05) is 13.0 Å². The summed E-state index contributed by atoms with van der Waals surface area (Å²) in [6.07, 6.45) is 3.19. The maximum absolute atomic E-state index is 13.2. The number of hydrogen-bond acceptors (Lipinski definition) is 7. The molecule has 0 aliphatic carbocycles. The molecule has 4 heterocycles. The van der Waals surface area contributed by atoms with Crippen molar-refractivity contribution in [1.82, 2.24) is 14.9 Å². The fourth-order valence-corrected chi connectivity index (χ4v) is 5.36. The summed E-state index contributed by atoms with van der Waals surface area (Å²) in [5.74, 6) is 0.357. The van der Waals surface area contributed by atoms with Gasteiger partial charge in [-0.2, -0.15) is 0 Å². The van der Waals surface area contributed by atoms with E-state index < -0.39 is 6.10 Å². The Bertz CT molecular complexity index is 1080. The van der Waals surface area contributed by atoms with Crippen LogP contribution < -0.4 is 4.90 Å². The minimum Gasteiger partial charge on any atom is -0.457 e. The third kappa shape index (κ3) is 3.56. The summed E-state index contributed by atoms with van der Waals surface area (Å²) >= 11 is 5.90. The maximum atomic E-state index is 13.2. The number of nitrogens with zero attached hydrogens (tertiary/aromatic N) is 4. The van der Waals surface area contributed by atoms with Crippen molar-refractivity contribution < 1.29 is 19.4 Å². The molecule has 0 radical (unpaired) electrons. The average Bonchev–Trinajstić information content (AvgIpc) is 3.31. The quantitative estimate of drug-likeness (QED) is 0.558. The first kappa shape index (κ1) is 21.3. The van der Waals surface area contributed by atoms with Gasteiger partial charge in [-0.05, 0) is 74.1 Å². The molecular formula is C23H25ClN4O4. The van der Waals surface area contributed by atoms with Crippen molar-refractivity contribution in [2.75, 3.05) is 31.1 Å². The molecule has 0 unspecified atom stereocenters. The first-order chi connectivity index (χ1) is 15.4. The Morgan fingerprint density at radius 3 is 2.69 bits per heavy atom. The molecule has 168 valence electrons. The second-order valence-electron chi connectivity index (χ2n) is 8.87. The highest BCUT2D eigenvalue weighted by Crippen LogP contribution is 2.43. The van der Waals surface area contributed by atoms with Crippen molar-refractivity contribution >= 4 is 29.3 Å². The highest BCUT2D eigenvalue weighted by molar-refractivity contribution is 6.28. The number of cyclic esters (lactones) is 1. The number of hydrogen-bond donors (Lipinski definition) is 1. The van der Waals surface area contributed by atoms with Gasteiger partial charge in [0.25, 0.3) is 0 Å². The summed E-state index contributed by atoms with van der Waals surface area (Å²) in [5, 5.41) is 11.0. The fourth-order valence-electron chi connectivity index (χ4n) is 5.21. The van der Waals surface area contributed by atoms with E-state index in [0.717, 1.165) is 49.0 Å². The van der Waals surface area contributed by atoms with E-state index in [-0.39, 0.29) is 29.2 Å². The van der Waals surface area contributed by atoms with Crippen LogP contribution in [0.3, 0.4) is 0 Å². The van der Waals surface area contributed by atoms with Crippen LogP contribution in [0.1, 0.15) is 52.4 Å². The monoisotopic (exact) mass is 456 g/mol. The van der Waals surface area contributed by atoms with Gasteiger partial charge < -0.3 is 14.7 Å². The molecule has 8 nitrogen and oxygen atoms in total. The molecule has 2 fully saturated rings. The third-order valence-electron chi connectivity index (χ3n) is 7.21. The van der Waals surface area contributed by atoms with Gasteiger partial charge in [0, 0.05) is 24.8 Å². The van der Waals surface area contributed by atoms with E-state index in [1.165, 1.54) is 0 Å². The summed E-state index contributed by atoms with van der Waals surface area (Å²) in [6.45, 7) is 4.80. The fraction of sp³-hybridized carbons (Fsp3) is 0.478. The number of ether oxygens (including phenoxy) is 1. The van der Waals surface area contributed by atoms with Crippen LogP contribution in [0.15, 0.2) is 24.4 Å². The van der Waals surface area contributed by atoms with Gasteiger partial charge in [-0.1, -0.05) is 6.07 Å². The highest BCUT2D eigenvalue weighted by Gasteiger charge is 2.49. The Morgan fingerprint density at radius 2 is 1.94 bits per heavy atom. The first-order valence-electron chi connectivity index (χ1n) is 10.9. The molecule has 1 N–H and O–H groups in total. The number of carbonyl (C=O) groups excluding carboxylic acids is 2. The molecule has 0 saturated carbocycles. The molecule has 9 heteroatoms. The van der Waals surface area contributed by atoms with Crippen LogP contribution in [0.5, 0.6) is 0 Å². The largest absolute Gasteiger partial charge is 0.457 e. The number of amides is 1. The van der Waals surface area contributed by atoms with E-state index in [9.17, 15) is 14.7 Å². The predicted octanol–water partition coefficient (Wildman–Crippen LogP) is 2.66. The number of β-amino-alcohol motifs (C(OH)–C–C–N with tert-alkyl or cyclic N) is 1. The van der Waals surface area contributed by atoms with E-state index in [2.05, 4.69) is 14.9 Å². The Morgan fingerprint density at radius 1 is 1.19 bits per heavy atom. The minimum atomic E-state index is -0.663. The van der Waals surface area contributed by atoms with Crippen molar-refractivity contribution in [2.24, 2.45) is 5.41 Å². The predicted molar refractivity (Wildman–Crippen MR) is 117 cm³/mol. The van der Waals surface area contributed by atoms with Crippen LogP contribution in [-0.2, 0) is 16.1 Å². The van der Waals surface area contributed by atoms with Gasteiger partial charge in [-0.15, -0.1) is 0 Å². The molecule has 1 aromatic carbocycles. The zero-order chi connectivity index (χ0) is 22.5. The summed E-state index contributed by atoms with van der Waals surface area (Å²) < 4.78 is 5.12. The smallest absolute Gasteiger partial charge is 0.338 e. The number of carbonyl (C=O) groups is 2. The SMILES string of the molecule is Cc1c([C@@H](O)CN2CCC3(CC2)CCN(c2ccnc(Cl)n2)C3=O)ccc2c1COC2=O.